The highest BCUT2D eigenvalue weighted by Crippen LogP contribution is 2.22. The molecule has 5 heteroatoms. The summed E-state index contributed by atoms with van der Waals surface area (Å²) in [5.41, 5.74) is 2.15. The maximum absolute atomic E-state index is 12.6. The van der Waals surface area contributed by atoms with Crippen LogP contribution in [0.3, 0.4) is 0 Å². The van der Waals surface area contributed by atoms with Crippen LogP contribution in [0.1, 0.15) is 44.2 Å². The van der Waals surface area contributed by atoms with E-state index in [9.17, 15) is 13.5 Å². The number of nitrogens with one attached hydrogen (secondary N) is 1. The third-order valence-corrected chi connectivity index (χ3v) is 5.73. The molecule has 142 valence electrons. The van der Waals surface area contributed by atoms with E-state index in [0.29, 0.717) is 12.3 Å². The smallest absolute Gasteiger partial charge is 0.240 e. The van der Waals surface area contributed by atoms with Gasteiger partial charge in [0.25, 0.3) is 0 Å². The minimum absolute atomic E-state index is 0.0776. The van der Waals surface area contributed by atoms with Gasteiger partial charge in [0.15, 0.2) is 0 Å². The van der Waals surface area contributed by atoms with Crippen molar-refractivity contribution in [2.75, 3.05) is 6.54 Å². The number of rotatable bonds is 9. The number of hydrogen-bond donors (Lipinski definition) is 2. The van der Waals surface area contributed by atoms with E-state index in [1.54, 1.807) is 19.1 Å². The van der Waals surface area contributed by atoms with E-state index in [0.717, 1.165) is 17.5 Å². The van der Waals surface area contributed by atoms with Gasteiger partial charge in [0.2, 0.25) is 10.0 Å². The molecule has 0 aromatic heterocycles. The Labute approximate surface area is 157 Å². The van der Waals surface area contributed by atoms with E-state index in [-0.39, 0.29) is 17.4 Å². The Bertz CT molecular complexity index is 769. The van der Waals surface area contributed by atoms with E-state index >= 15 is 0 Å². The van der Waals surface area contributed by atoms with Crippen molar-refractivity contribution in [2.24, 2.45) is 5.92 Å². The van der Waals surface area contributed by atoms with Crippen LogP contribution in [0.25, 0.3) is 0 Å². The zero-order valence-electron chi connectivity index (χ0n) is 15.7. The molecular formula is C21H29NO3S. The van der Waals surface area contributed by atoms with Crippen molar-refractivity contribution >= 4 is 10.0 Å². The molecule has 26 heavy (non-hydrogen) atoms. The van der Waals surface area contributed by atoms with Crippen LogP contribution in [-0.2, 0) is 16.4 Å². The zero-order chi connectivity index (χ0) is 19.2. The normalized spacial score (nSPS) is 14.3. The molecule has 0 aliphatic heterocycles. The van der Waals surface area contributed by atoms with E-state index in [1.165, 1.54) is 0 Å². The van der Waals surface area contributed by atoms with Crippen molar-refractivity contribution in [1.29, 1.82) is 0 Å². The molecule has 2 atom stereocenters. The number of benzene rings is 2. The third kappa shape index (κ3) is 6.24. The fourth-order valence-corrected chi connectivity index (χ4v) is 4.13. The molecule has 2 N–H and O–H groups in total. The van der Waals surface area contributed by atoms with Crippen LogP contribution >= 0.6 is 0 Å². The van der Waals surface area contributed by atoms with Gasteiger partial charge in [0, 0.05) is 6.54 Å². The molecule has 4 nitrogen and oxygen atoms in total. The Morgan fingerprint density at radius 3 is 2.12 bits per heavy atom. The summed E-state index contributed by atoms with van der Waals surface area (Å²) in [6.07, 6.45) is 0.929. The molecule has 0 saturated carbocycles. The lowest BCUT2D eigenvalue weighted by atomic mass is 9.94. The van der Waals surface area contributed by atoms with Gasteiger partial charge in [0.1, 0.15) is 0 Å². The van der Waals surface area contributed by atoms with Crippen LogP contribution in [0.2, 0.25) is 0 Å². The number of aliphatic hydroxyl groups excluding tert-OH is 1. The molecule has 0 amide bonds. The Hall–Kier alpha value is -1.69. The molecule has 0 spiro atoms. The molecular weight excluding hydrogens is 346 g/mol. The quantitative estimate of drug-likeness (QED) is 0.702. The van der Waals surface area contributed by atoms with Gasteiger partial charge in [-0.1, -0.05) is 56.3 Å². The average Bonchev–Trinajstić information content (AvgIpc) is 2.59. The Morgan fingerprint density at radius 2 is 1.58 bits per heavy atom. The molecule has 0 aliphatic carbocycles. The number of sulfonamides is 1. The van der Waals surface area contributed by atoms with Crippen LogP contribution in [0.15, 0.2) is 59.5 Å². The Balaban J connectivity index is 2.09. The molecule has 0 bridgehead atoms. The molecule has 2 rings (SSSR count). The van der Waals surface area contributed by atoms with Crippen molar-refractivity contribution in [2.45, 2.75) is 50.5 Å². The first-order valence-electron chi connectivity index (χ1n) is 9.09. The summed E-state index contributed by atoms with van der Waals surface area (Å²) in [4.78, 5) is 0.272. The highest BCUT2D eigenvalue weighted by atomic mass is 32.2. The molecule has 0 saturated heterocycles. The van der Waals surface area contributed by atoms with Gasteiger partial charge in [0.05, 0.1) is 11.0 Å². The number of aliphatic hydroxyl groups is 1. The Morgan fingerprint density at radius 1 is 0.962 bits per heavy atom. The topological polar surface area (TPSA) is 66.4 Å². The van der Waals surface area contributed by atoms with Crippen molar-refractivity contribution in [1.82, 2.24) is 4.72 Å². The fourth-order valence-electron chi connectivity index (χ4n) is 3.04. The average molecular weight is 376 g/mol. The third-order valence-electron chi connectivity index (χ3n) is 4.29. The molecule has 0 radical (unpaired) electrons. The van der Waals surface area contributed by atoms with Crippen LogP contribution in [-0.4, -0.2) is 26.2 Å². The fraction of sp³-hybridized carbons (Fsp3) is 0.429. The van der Waals surface area contributed by atoms with Crippen molar-refractivity contribution in [3.8, 4) is 0 Å². The minimum atomic E-state index is -3.58. The maximum Gasteiger partial charge on any atom is 0.240 e. The predicted octanol–water partition coefficient (Wildman–Crippen LogP) is 3.72. The lowest BCUT2D eigenvalue weighted by molar-refractivity contribution is 0.174. The maximum atomic E-state index is 12.6. The first kappa shape index (κ1) is 20.6. The molecule has 0 heterocycles. The lowest BCUT2D eigenvalue weighted by Gasteiger charge is -2.20. The SMILES string of the molecule is CC(C)Cc1ccc(S(=O)(=O)NCC(CC(C)O)c2ccccc2)cc1. The molecule has 2 aromatic rings. The van der Waals surface area contributed by atoms with Crippen molar-refractivity contribution < 1.29 is 13.5 Å². The monoisotopic (exact) mass is 375 g/mol. The van der Waals surface area contributed by atoms with Crippen LogP contribution in [0.5, 0.6) is 0 Å². The van der Waals surface area contributed by atoms with Gasteiger partial charge in [-0.3, -0.25) is 0 Å². The van der Waals surface area contributed by atoms with Crippen LogP contribution < -0.4 is 4.72 Å². The van der Waals surface area contributed by atoms with Gasteiger partial charge >= 0.3 is 0 Å². The van der Waals surface area contributed by atoms with Gasteiger partial charge < -0.3 is 5.11 Å². The summed E-state index contributed by atoms with van der Waals surface area (Å²) in [7, 11) is -3.58. The van der Waals surface area contributed by atoms with Crippen LogP contribution in [0.4, 0.5) is 0 Å². The highest BCUT2D eigenvalue weighted by Gasteiger charge is 2.19. The standard InChI is InChI=1S/C21H29NO3S/c1-16(2)13-18-9-11-21(12-10-18)26(24,25)22-15-20(14-17(3)23)19-7-5-4-6-8-19/h4-12,16-17,20,22-23H,13-15H2,1-3H3. The second kappa shape index (κ2) is 9.31. The summed E-state index contributed by atoms with van der Waals surface area (Å²) < 4.78 is 27.9. The molecule has 0 aliphatic rings. The van der Waals surface area contributed by atoms with Gasteiger partial charge in [-0.2, -0.15) is 0 Å². The summed E-state index contributed by atoms with van der Waals surface area (Å²) in [6, 6.07) is 16.8. The molecule has 2 unspecified atom stereocenters. The van der Waals surface area contributed by atoms with E-state index in [4.69, 9.17) is 0 Å². The number of hydrogen-bond acceptors (Lipinski definition) is 3. The largest absolute Gasteiger partial charge is 0.393 e. The van der Waals surface area contributed by atoms with Gasteiger partial charge in [-0.15, -0.1) is 0 Å². The Kier molecular flexibility index (Phi) is 7.38. The first-order chi connectivity index (χ1) is 12.3. The van der Waals surface area contributed by atoms with E-state index < -0.39 is 16.1 Å². The van der Waals surface area contributed by atoms with Crippen molar-refractivity contribution in [3.05, 3.63) is 65.7 Å². The van der Waals surface area contributed by atoms with E-state index in [2.05, 4.69) is 18.6 Å². The second-order valence-electron chi connectivity index (χ2n) is 7.29. The molecule has 0 fully saturated rings. The van der Waals surface area contributed by atoms with Gasteiger partial charge in [-0.25, -0.2) is 13.1 Å². The summed E-state index contributed by atoms with van der Waals surface area (Å²) in [6.45, 7) is 6.25. The summed E-state index contributed by atoms with van der Waals surface area (Å²) >= 11 is 0. The summed E-state index contributed by atoms with van der Waals surface area (Å²) in [5.74, 6) is 0.453. The van der Waals surface area contributed by atoms with Gasteiger partial charge in [-0.05, 0) is 54.9 Å². The zero-order valence-corrected chi connectivity index (χ0v) is 16.5. The lowest BCUT2D eigenvalue weighted by Crippen LogP contribution is -2.29. The predicted molar refractivity (Wildman–Crippen MR) is 106 cm³/mol. The summed E-state index contributed by atoms with van der Waals surface area (Å²) in [5, 5.41) is 9.76. The second-order valence-corrected chi connectivity index (χ2v) is 9.05. The first-order valence-corrected chi connectivity index (χ1v) is 10.6. The van der Waals surface area contributed by atoms with E-state index in [1.807, 2.05) is 42.5 Å². The molecule has 2 aromatic carbocycles. The highest BCUT2D eigenvalue weighted by molar-refractivity contribution is 7.89. The van der Waals surface area contributed by atoms with Crippen LogP contribution in [0, 0.1) is 5.92 Å². The van der Waals surface area contributed by atoms with Crippen molar-refractivity contribution in [3.63, 3.8) is 0 Å². The minimum Gasteiger partial charge on any atom is -0.393 e.